The molecule has 1 aliphatic rings. The van der Waals surface area contributed by atoms with E-state index in [0.717, 1.165) is 22.3 Å². The number of aryl methyl sites for hydroxylation is 2. The maximum Gasteiger partial charge on any atom is 0.314 e. The van der Waals surface area contributed by atoms with E-state index in [4.69, 9.17) is 9.47 Å². The van der Waals surface area contributed by atoms with Crippen LogP contribution < -0.4 is 10.9 Å². The summed E-state index contributed by atoms with van der Waals surface area (Å²) in [6.45, 7) is 7.62. The highest BCUT2D eigenvalue weighted by atomic mass is 19.1. The number of nitrogens with zero attached hydrogens (tertiary/aromatic N) is 2. The van der Waals surface area contributed by atoms with Crippen LogP contribution in [0.1, 0.15) is 95.0 Å². The monoisotopic (exact) mass is 786 g/mol. The number of aromatic nitrogens is 2. The summed E-state index contributed by atoms with van der Waals surface area (Å²) >= 11 is 0. The largest absolute Gasteiger partial charge is 0.460 e. The molecular weight excluding hydrogens is 736 g/mol. The molecule has 2 heterocycles. The number of nitrogens with one attached hydrogen (secondary N) is 2. The fraction of sp³-hybridized carbons (Fsp3) is 0.340. The molecular formula is C47H51FN4O6. The molecule has 302 valence electrons. The lowest BCUT2D eigenvalue weighted by molar-refractivity contribution is -0.165. The second-order valence-electron chi connectivity index (χ2n) is 15.0. The lowest BCUT2D eigenvalue weighted by atomic mass is 9.74. The van der Waals surface area contributed by atoms with Crippen molar-refractivity contribution in [1.29, 1.82) is 0 Å². The summed E-state index contributed by atoms with van der Waals surface area (Å²) in [6.07, 6.45) is 2.06. The number of likely N-dealkylation sites (tertiary alicyclic amines) is 1. The van der Waals surface area contributed by atoms with Gasteiger partial charge in [0.15, 0.2) is 0 Å². The molecule has 0 radical (unpaired) electrons. The topological polar surface area (TPSA) is 131 Å². The Morgan fingerprint density at radius 2 is 1.55 bits per heavy atom. The van der Waals surface area contributed by atoms with Crippen molar-refractivity contribution >= 4 is 17.8 Å². The smallest absolute Gasteiger partial charge is 0.314 e. The van der Waals surface area contributed by atoms with E-state index in [1.165, 1.54) is 12.1 Å². The molecule has 1 saturated heterocycles. The number of ether oxygens (including phenoxy) is 2. The minimum atomic E-state index is -1.17. The molecule has 2 N–H and O–H groups in total. The Balaban J connectivity index is 1.33. The van der Waals surface area contributed by atoms with E-state index >= 15 is 4.79 Å². The molecule has 10 nitrogen and oxygen atoms in total. The molecule has 0 saturated carbocycles. The van der Waals surface area contributed by atoms with Crippen molar-refractivity contribution in [3.8, 4) is 0 Å². The molecule has 1 aliphatic heterocycles. The Morgan fingerprint density at radius 3 is 2.21 bits per heavy atom. The first-order chi connectivity index (χ1) is 28.0. The number of halogens is 1. The summed E-state index contributed by atoms with van der Waals surface area (Å²) in [6, 6.07) is 29.7. The van der Waals surface area contributed by atoms with Gasteiger partial charge in [-0.05, 0) is 97.7 Å². The molecule has 11 heteroatoms. The number of aromatic amines is 1. The normalized spacial score (nSPS) is 15.8. The van der Waals surface area contributed by atoms with Crippen LogP contribution in [0.4, 0.5) is 4.39 Å². The number of carbonyl (C=O) groups excluding carboxylic acids is 3. The number of hydrogen-bond acceptors (Lipinski definition) is 7. The second-order valence-corrected chi connectivity index (χ2v) is 15.0. The van der Waals surface area contributed by atoms with Crippen LogP contribution in [0.5, 0.6) is 0 Å². The van der Waals surface area contributed by atoms with E-state index in [1.54, 1.807) is 48.2 Å². The first-order valence-corrected chi connectivity index (χ1v) is 19.9. The summed E-state index contributed by atoms with van der Waals surface area (Å²) in [5, 5.41) is 9.44. The number of carbonyl (C=O) groups is 3. The number of esters is 1. The quantitative estimate of drug-likeness (QED) is 0.0981. The number of H-pyrrole nitrogens is 1. The fourth-order valence-electron chi connectivity index (χ4n) is 8.11. The van der Waals surface area contributed by atoms with E-state index in [2.05, 4.69) is 15.5 Å². The molecule has 1 fully saturated rings. The predicted octanol–water partition coefficient (Wildman–Crippen LogP) is 7.71. The third-order valence-corrected chi connectivity index (χ3v) is 11.4. The summed E-state index contributed by atoms with van der Waals surface area (Å²) in [5.41, 5.74) is 4.18. The molecule has 0 spiro atoms. The standard InChI is InChI=1S/C47H51FN4O6/c1-5-47(6-2,46(56)58-29-34-16-11-8-12-17-34)42-23-22-41(36-18-13-19-39(48)27-36)52(42)45(55)40(30-57-28-33-14-9-7-10-15-33)49-43(53)37-21-20-35(31(3)24-37)26-38-25-32(4)50-51-44(38)54/h7-21,24-25,27,40-42H,5-6,22-23,26,28-30H2,1-4H3,(H,49,53)(H,51,54)/t40-,41+,42-/m1/s1. The molecule has 5 aromatic rings. The molecule has 0 bridgehead atoms. The van der Waals surface area contributed by atoms with Gasteiger partial charge in [-0.25, -0.2) is 9.49 Å². The number of benzene rings is 4. The molecule has 4 aromatic carbocycles. The molecule has 2 amide bonds. The van der Waals surface area contributed by atoms with Crippen molar-refractivity contribution in [3.05, 3.63) is 170 Å². The van der Waals surface area contributed by atoms with Crippen LogP contribution in [0.3, 0.4) is 0 Å². The van der Waals surface area contributed by atoms with Crippen LogP contribution in [-0.2, 0) is 38.7 Å². The number of hydrogen-bond donors (Lipinski definition) is 2. The van der Waals surface area contributed by atoms with Crippen LogP contribution in [0.15, 0.2) is 114 Å². The van der Waals surface area contributed by atoms with Gasteiger partial charge < -0.3 is 19.7 Å². The van der Waals surface area contributed by atoms with Gasteiger partial charge in [-0.2, -0.15) is 5.10 Å². The highest BCUT2D eigenvalue weighted by Gasteiger charge is 2.54. The highest BCUT2D eigenvalue weighted by molar-refractivity contribution is 5.98. The molecule has 1 aromatic heterocycles. The summed E-state index contributed by atoms with van der Waals surface area (Å²) in [5.74, 6) is -1.79. The van der Waals surface area contributed by atoms with Gasteiger partial charge in [0.1, 0.15) is 18.5 Å². The van der Waals surface area contributed by atoms with Gasteiger partial charge in [0.2, 0.25) is 5.91 Å². The van der Waals surface area contributed by atoms with E-state index in [1.807, 2.05) is 81.4 Å². The highest BCUT2D eigenvalue weighted by Crippen LogP contribution is 2.48. The SMILES string of the molecule is CCC(CC)(C(=O)OCc1ccccc1)[C@H]1CC[C@@H](c2cccc(F)c2)N1C(=O)[C@@H](COCc1ccccc1)NC(=O)c1ccc(Cc2cc(C)n[nH]c2=O)c(C)c1. The Bertz CT molecular complexity index is 2260. The Morgan fingerprint density at radius 1 is 0.862 bits per heavy atom. The van der Waals surface area contributed by atoms with Crippen LogP contribution in [0.2, 0.25) is 0 Å². The Kier molecular flexibility index (Phi) is 13.7. The minimum Gasteiger partial charge on any atom is -0.460 e. The van der Waals surface area contributed by atoms with Gasteiger partial charge in [0.05, 0.1) is 30.4 Å². The van der Waals surface area contributed by atoms with E-state index in [9.17, 15) is 18.8 Å². The molecule has 3 atom stereocenters. The first-order valence-electron chi connectivity index (χ1n) is 19.9. The van der Waals surface area contributed by atoms with E-state index in [0.29, 0.717) is 54.5 Å². The molecule has 58 heavy (non-hydrogen) atoms. The van der Waals surface area contributed by atoms with Gasteiger partial charge in [0.25, 0.3) is 11.5 Å². The lowest BCUT2D eigenvalue weighted by Gasteiger charge is -2.43. The van der Waals surface area contributed by atoms with Crippen LogP contribution in [0, 0.1) is 25.1 Å². The zero-order valence-corrected chi connectivity index (χ0v) is 33.5. The van der Waals surface area contributed by atoms with Crippen molar-refractivity contribution in [2.45, 2.75) is 91.1 Å². The minimum absolute atomic E-state index is 0.0817. The van der Waals surface area contributed by atoms with Crippen molar-refractivity contribution in [3.63, 3.8) is 0 Å². The maximum absolute atomic E-state index is 15.2. The summed E-state index contributed by atoms with van der Waals surface area (Å²) in [7, 11) is 0. The summed E-state index contributed by atoms with van der Waals surface area (Å²) < 4.78 is 26.9. The van der Waals surface area contributed by atoms with Gasteiger partial charge >= 0.3 is 5.97 Å². The van der Waals surface area contributed by atoms with Crippen molar-refractivity contribution in [2.24, 2.45) is 5.41 Å². The van der Waals surface area contributed by atoms with Gasteiger partial charge in [0, 0.05) is 23.6 Å². The zero-order valence-electron chi connectivity index (χ0n) is 33.5. The first kappa shape index (κ1) is 41.7. The Hall–Kier alpha value is -5.94. The van der Waals surface area contributed by atoms with Crippen molar-refractivity contribution < 1.29 is 28.2 Å². The van der Waals surface area contributed by atoms with Crippen LogP contribution >= 0.6 is 0 Å². The van der Waals surface area contributed by atoms with Gasteiger partial charge in [-0.1, -0.05) is 92.7 Å². The number of amides is 2. The summed E-state index contributed by atoms with van der Waals surface area (Å²) in [4.78, 5) is 57.8. The Labute approximate surface area is 338 Å². The van der Waals surface area contributed by atoms with E-state index in [-0.39, 0.29) is 25.4 Å². The maximum atomic E-state index is 15.2. The fourth-order valence-corrected chi connectivity index (χ4v) is 8.11. The third kappa shape index (κ3) is 9.59. The van der Waals surface area contributed by atoms with Crippen LogP contribution in [0.25, 0.3) is 0 Å². The second kappa shape index (κ2) is 19.0. The average molecular weight is 787 g/mol. The van der Waals surface area contributed by atoms with E-state index < -0.39 is 47.1 Å². The van der Waals surface area contributed by atoms with Crippen LogP contribution in [-0.4, -0.2) is 51.6 Å². The predicted molar refractivity (Wildman–Crippen MR) is 219 cm³/mol. The zero-order chi connectivity index (χ0) is 41.2. The van der Waals surface area contributed by atoms with Gasteiger partial charge in [-0.15, -0.1) is 0 Å². The molecule has 0 unspecified atom stereocenters. The molecule has 6 rings (SSSR count). The number of rotatable bonds is 16. The lowest BCUT2D eigenvalue weighted by Crippen LogP contribution is -2.57. The third-order valence-electron chi connectivity index (χ3n) is 11.4. The molecule has 0 aliphatic carbocycles. The van der Waals surface area contributed by atoms with Gasteiger partial charge in [-0.3, -0.25) is 19.2 Å². The average Bonchev–Trinajstić information content (AvgIpc) is 3.68. The van der Waals surface area contributed by atoms with Crippen molar-refractivity contribution in [2.75, 3.05) is 6.61 Å². The van der Waals surface area contributed by atoms with Crippen molar-refractivity contribution in [1.82, 2.24) is 20.4 Å².